The third-order valence-corrected chi connectivity index (χ3v) is 3.58. The summed E-state index contributed by atoms with van der Waals surface area (Å²) in [6.45, 7) is 7.36. The number of hydrogen-bond donors (Lipinski definition) is 0. The quantitative estimate of drug-likeness (QED) is 0.338. The highest BCUT2D eigenvalue weighted by Crippen LogP contribution is 2.17. The van der Waals surface area contributed by atoms with Crippen LogP contribution < -0.4 is 0 Å². The van der Waals surface area contributed by atoms with Crippen LogP contribution in [-0.2, 0) is 23.9 Å². The van der Waals surface area contributed by atoms with Crippen LogP contribution in [0.5, 0.6) is 0 Å². The lowest BCUT2D eigenvalue weighted by molar-refractivity contribution is -0.149. The van der Waals surface area contributed by atoms with Crippen LogP contribution in [0, 0.1) is 11.8 Å². The highest BCUT2D eigenvalue weighted by Gasteiger charge is 2.21. The van der Waals surface area contributed by atoms with Crippen molar-refractivity contribution in [1.82, 2.24) is 0 Å². The number of rotatable bonds is 10. The van der Waals surface area contributed by atoms with Crippen molar-refractivity contribution in [1.29, 1.82) is 0 Å². The number of hydrogen-bond acceptors (Lipinski definition) is 5. The van der Waals surface area contributed by atoms with Gasteiger partial charge in [-0.15, -0.1) is 0 Å². The second-order valence-corrected chi connectivity index (χ2v) is 6.53. The summed E-state index contributed by atoms with van der Waals surface area (Å²) in [6, 6.07) is 0. The molecule has 3 atom stereocenters. The largest absolute Gasteiger partial charge is 0.465 e. The first kappa shape index (κ1) is 20.1. The number of carbonyl (C=O) groups excluding carboxylic acids is 3. The maximum Gasteiger partial charge on any atom is 0.319 e. The van der Waals surface area contributed by atoms with Crippen LogP contribution in [-0.4, -0.2) is 35.8 Å². The van der Waals surface area contributed by atoms with E-state index in [-0.39, 0.29) is 47.6 Å². The normalized spacial score (nSPS) is 14.9. The Kier molecular flexibility index (Phi) is 10.3. The molecule has 0 amide bonds. The van der Waals surface area contributed by atoms with Gasteiger partial charge in [-0.05, 0) is 26.7 Å². The monoisotopic (exact) mass is 364 g/mol. The molecular weight excluding hydrogens is 340 g/mol. The van der Waals surface area contributed by atoms with Gasteiger partial charge in [-0.2, -0.15) is 0 Å². The minimum atomic E-state index is -0.336. The topological polar surface area (TPSA) is 69.7 Å². The first-order valence-corrected chi connectivity index (χ1v) is 8.18. The maximum atomic E-state index is 11.8. The van der Waals surface area contributed by atoms with E-state index in [9.17, 15) is 14.4 Å². The van der Waals surface area contributed by atoms with Crippen LogP contribution in [0.15, 0.2) is 0 Å². The number of ketones is 1. The second-order valence-electron chi connectivity index (χ2n) is 5.16. The van der Waals surface area contributed by atoms with Gasteiger partial charge in [0.05, 0.1) is 19.1 Å². The van der Waals surface area contributed by atoms with Crippen molar-refractivity contribution in [2.75, 3.05) is 13.2 Å². The molecule has 0 aromatic rings. The molecule has 0 aromatic heterocycles. The molecule has 0 spiro atoms. The lowest BCUT2D eigenvalue weighted by Gasteiger charge is -2.16. The molecule has 0 aromatic carbocycles. The molecule has 0 aliphatic heterocycles. The summed E-state index contributed by atoms with van der Waals surface area (Å²) < 4.78 is 10.1. The van der Waals surface area contributed by atoms with Gasteiger partial charge in [0.15, 0.2) is 0 Å². The standard InChI is InChI=1S/C15H25BrO5/c1-5-13(12(4)17)9-10(2)14(18)20-7-6-8-21-15(19)11(3)16/h10-11,13H,5-9H2,1-4H3. The number of halogens is 1. The number of alkyl halides is 1. The van der Waals surface area contributed by atoms with Gasteiger partial charge >= 0.3 is 11.9 Å². The Bertz CT molecular complexity index is 354. The van der Waals surface area contributed by atoms with E-state index in [1.807, 2.05) is 6.92 Å². The van der Waals surface area contributed by atoms with E-state index in [2.05, 4.69) is 15.9 Å². The Hall–Kier alpha value is -0.910. The summed E-state index contributed by atoms with van der Waals surface area (Å²) in [4.78, 5) is 33.9. The van der Waals surface area contributed by atoms with Crippen molar-refractivity contribution in [2.45, 2.75) is 51.8 Å². The first-order chi connectivity index (χ1) is 9.79. The Morgan fingerprint density at radius 2 is 1.57 bits per heavy atom. The van der Waals surface area contributed by atoms with Crippen molar-refractivity contribution >= 4 is 33.7 Å². The highest BCUT2D eigenvalue weighted by molar-refractivity contribution is 9.10. The smallest absolute Gasteiger partial charge is 0.319 e. The summed E-state index contributed by atoms with van der Waals surface area (Å²) in [5.74, 6) is -0.928. The van der Waals surface area contributed by atoms with Gasteiger partial charge in [0, 0.05) is 12.3 Å². The van der Waals surface area contributed by atoms with Crippen molar-refractivity contribution in [2.24, 2.45) is 11.8 Å². The predicted molar refractivity (Wildman–Crippen MR) is 83.2 cm³/mol. The third kappa shape index (κ3) is 8.86. The van der Waals surface area contributed by atoms with Crippen LogP contribution >= 0.6 is 15.9 Å². The molecule has 0 fully saturated rings. The van der Waals surface area contributed by atoms with Gasteiger partial charge in [-0.3, -0.25) is 14.4 Å². The molecule has 0 heterocycles. The minimum Gasteiger partial charge on any atom is -0.465 e. The zero-order valence-electron chi connectivity index (χ0n) is 13.2. The average Bonchev–Trinajstić information content (AvgIpc) is 2.42. The average molecular weight is 365 g/mol. The molecule has 3 unspecified atom stereocenters. The lowest BCUT2D eigenvalue weighted by Crippen LogP contribution is -2.22. The summed E-state index contributed by atoms with van der Waals surface area (Å²) >= 11 is 3.11. The molecule has 5 nitrogen and oxygen atoms in total. The molecule has 0 N–H and O–H groups in total. The molecule has 0 saturated carbocycles. The van der Waals surface area contributed by atoms with Gasteiger partial charge in [-0.25, -0.2) is 0 Å². The SMILES string of the molecule is CCC(CC(C)C(=O)OCCCOC(=O)C(C)Br)C(C)=O. The highest BCUT2D eigenvalue weighted by atomic mass is 79.9. The Morgan fingerprint density at radius 3 is 2.00 bits per heavy atom. The molecule has 0 aliphatic carbocycles. The van der Waals surface area contributed by atoms with Crippen LogP contribution in [0.1, 0.15) is 47.0 Å². The molecule has 6 heteroatoms. The van der Waals surface area contributed by atoms with E-state index in [1.165, 1.54) is 0 Å². The van der Waals surface area contributed by atoms with E-state index < -0.39 is 0 Å². The zero-order valence-corrected chi connectivity index (χ0v) is 14.8. The van der Waals surface area contributed by atoms with E-state index >= 15 is 0 Å². The molecule has 122 valence electrons. The molecule has 21 heavy (non-hydrogen) atoms. The fourth-order valence-electron chi connectivity index (χ4n) is 1.80. The summed E-state index contributed by atoms with van der Waals surface area (Å²) in [6.07, 6.45) is 1.71. The van der Waals surface area contributed by atoms with Gasteiger partial charge in [0.25, 0.3) is 0 Å². The molecule has 0 radical (unpaired) electrons. The second kappa shape index (κ2) is 10.8. The van der Waals surface area contributed by atoms with E-state index in [0.29, 0.717) is 12.8 Å². The van der Waals surface area contributed by atoms with E-state index in [0.717, 1.165) is 6.42 Å². The minimum absolute atomic E-state index is 0.0890. The molecule has 0 rings (SSSR count). The fourth-order valence-corrected chi connectivity index (χ4v) is 1.94. The Balaban J connectivity index is 3.88. The van der Waals surface area contributed by atoms with Crippen molar-refractivity contribution in [3.8, 4) is 0 Å². The number of Topliss-reactive ketones (excluding diaryl/α,β-unsaturated/α-hetero) is 1. The fraction of sp³-hybridized carbons (Fsp3) is 0.800. The molecule has 0 saturated heterocycles. The molecule has 0 aliphatic rings. The number of ether oxygens (including phenoxy) is 2. The Labute approximate surface area is 134 Å². The van der Waals surface area contributed by atoms with E-state index in [4.69, 9.17) is 9.47 Å². The van der Waals surface area contributed by atoms with Crippen molar-refractivity contribution in [3.63, 3.8) is 0 Å². The van der Waals surface area contributed by atoms with Crippen LogP contribution in [0.25, 0.3) is 0 Å². The third-order valence-electron chi connectivity index (χ3n) is 3.21. The predicted octanol–water partition coefficient (Wildman–Crippen LogP) is 2.89. The number of carbonyl (C=O) groups is 3. The van der Waals surface area contributed by atoms with E-state index in [1.54, 1.807) is 20.8 Å². The molecular formula is C15H25BrO5. The molecule has 0 bridgehead atoms. The summed E-state index contributed by atoms with van der Waals surface area (Å²) in [5.41, 5.74) is 0. The van der Waals surface area contributed by atoms with Crippen molar-refractivity contribution in [3.05, 3.63) is 0 Å². The van der Waals surface area contributed by atoms with Gasteiger partial charge < -0.3 is 9.47 Å². The van der Waals surface area contributed by atoms with Gasteiger partial charge in [0.1, 0.15) is 10.6 Å². The Morgan fingerprint density at radius 1 is 1.05 bits per heavy atom. The van der Waals surface area contributed by atoms with Crippen LogP contribution in [0.3, 0.4) is 0 Å². The van der Waals surface area contributed by atoms with Gasteiger partial charge in [0.2, 0.25) is 0 Å². The maximum absolute atomic E-state index is 11.8. The van der Waals surface area contributed by atoms with Crippen LogP contribution in [0.4, 0.5) is 0 Å². The van der Waals surface area contributed by atoms with Gasteiger partial charge in [-0.1, -0.05) is 29.8 Å². The number of esters is 2. The lowest BCUT2D eigenvalue weighted by atomic mass is 9.91. The summed E-state index contributed by atoms with van der Waals surface area (Å²) in [7, 11) is 0. The summed E-state index contributed by atoms with van der Waals surface area (Å²) in [5, 5.41) is 0. The zero-order chi connectivity index (χ0) is 16.4. The van der Waals surface area contributed by atoms with Crippen molar-refractivity contribution < 1.29 is 23.9 Å². The van der Waals surface area contributed by atoms with Crippen LogP contribution in [0.2, 0.25) is 0 Å². The first-order valence-electron chi connectivity index (χ1n) is 7.27.